The van der Waals surface area contributed by atoms with Crippen molar-refractivity contribution in [2.45, 2.75) is 39.3 Å². The minimum Gasteiger partial charge on any atom is -0.355 e. The van der Waals surface area contributed by atoms with Crippen LogP contribution in [-0.4, -0.2) is 35.5 Å². The lowest BCUT2D eigenvalue weighted by atomic mass is 10.2. The van der Waals surface area contributed by atoms with E-state index in [1.54, 1.807) is 0 Å². The zero-order chi connectivity index (χ0) is 14.8. The van der Waals surface area contributed by atoms with E-state index in [0.717, 1.165) is 26.1 Å². The highest BCUT2D eigenvalue weighted by molar-refractivity contribution is 7.15. The second-order valence-electron chi connectivity index (χ2n) is 5.82. The summed E-state index contributed by atoms with van der Waals surface area (Å²) in [5.41, 5.74) is 1.29. The highest BCUT2D eigenvalue weighted by Crippen LogP contribution is 2.33. The molecule has 2 aromatic heterocycles. The number of rotatable bonds is 4. The summed E-state index contributed by atoms with van der Waals surface area (Å²) in [6.07, 6.45) is 5.64. The van der Waals surface area contributed by atoms with Crippen LogP contribution in [0.3, 0.4) is 0 Å². The number of hydrogen-bond acceptors (Lipinski definition) is 6. The molecule has 0 N–H and O–H groups in total. The minimum atomic E-state index is 0.923. The van der Waals surface area contributed by atoms with Crippen LogP contribution in [0.1, 0.15) is 33.4 Å². The lowest BCUT2D eigenvalue weighted by Crippen LogP contribution is -2.22. The molecular weight excluding hydrogens is 300 g/mol. The molecule has 21 heavy (non-hydrogen) atoms. The van der Waals surface area contributed by atoms with Crippen LogP contribution in [0.2, 0.25) is 0 Å². The van der Waals surface area contributed by atoms with Gasteiger partial charge in [0.1, 0.15) is 10.0 Å². The number of aromatic nitrogens is 2. The predicted molar refractivity (Wildman–Crippen MR) is 90.3 cm³/mol. The first-order valence-electron chi connectivity index (χ1n) is 7.41. The van der Waals surface area contributed by atoms with Crippen molar-refractivity contribution in [1.29, 1.82) is 0 Å². The number of hydrogen-bond donors (Lipinski definition) is 0. The molecule has 0 fully saturated rings. The summed E-state index contributed by atoms with van der Waals surface area (Å²) >= 11 is 3.66. The maximum Gasteiger partial charge on any atom is 0.115 e. The van der Waals surface area contributed by atoms with E-state index in [1.807, 2.05) is 28.9 Å². The Kier molecular flexibility index (Phi) is 4.57. The van der Waals surface area contributed by atoms with Gasteiger partial charge in [0.25, 0.3) is 0 Å². The fourth-order valence-corrected chi connectivity index (χ4v) is 4.73. The fraction of sp³-hybridized carbons (Fsp3) is 0.600. The smallest absolute Gasteiger partial charge is 0.115 e. The summed E-state index contributed by atoms with van der Waals surface area (Å²) in [7, 11) is 4.20. The Morgan fingerprint density at radius 1 is 1.29 bits per heavy atom. The first-order chi connectivity index (χ1) is 10.1. The van der Waals surface area contributed by atoms with Crippen molar-refractivity contribution in [2.75, 3.05) is 25.5 Å². The summed E-state index contributed by atoms with van der Waals surface area (Å²) in [5.74, 6) is 0. The van der Waals surface area contributed by atoms with Crippen LogP contribution in [0.4, 0.5) is 5.00 Å². The summed E-state index contributed by atoms with van der Waals surface area (Å²) in [5, 5.41) is 3.76. The van der Waals surface area contributed by atoms with Crippen molar-refractivity contribution in [3.63, 3.8) is 0 Å². The number of thiazole rings is 2. The average molecular weight is 323 g/mol. The Labute approximate surface area is 134 Å². The van der Waals surface area contributed by atoms with Crippen molar-refractivity contribution in [1.82, 2.24) is 14.9 Å². The number of anilines is 1. The Morgan fingerprint density at radius 3 is 2.95 bits per heavy atom. The molecule has 0 saturated carbocycles. The van der Waals surface area contributed by atoms with Gasteiger partial charge in [0.2, 0.25) is 0 Å². The molecule has 3 heterocycles. The maximum absolute atomic E-state index is 4.70. The molecule has 4 nitrogen and oxygen atoms in total. The van der Waals surface area contributed by atoms with Crippen molar-refractivity contribution < 1.29 is 0 Å². The molecule has 1 aliphatic rings. The topological polar surface area (TPSA) is 32.3 Å². The van der Waals surface area contributed by atoms with Gasteiger partial charge in [-0.15, -0.1) is 22.7 Å². The van der Waals surface area contributed by atoms with E-state index in [4.69, 9.17) is 4.98 Å². The highest BCUT2D eigenvalue weighted by atomic mass is 32.1. The van der Waals surface area contributed by atoms with Gasteiger partial charge in [-0.25, -0.2) is 9.97 Å². The summed E-state index contributed by atoms with van der Waals surface area (Å²) in [4.78, 5) is 15.3. The predicted octanol–water partition coefficient (Wildman–Crippen LogP) is 3.31. The van der Waals surface area contributed by atoms with Crippen LogP contribution in [0.25, 0.3) is 0 Å². The van der Waals surface area contributed by atoms with Gasteiger partial charge in [0.15, 0.2) is 0 Å². The molecule has 3 rings (SSSR count). The third-order valence-electron chi connectivity index (χ3n) is 3.56. The number of nitrogens with zero attached hydrogens (tertiary/aromatic N) is 4. The molecule has 0 aromatic carbocycles. The Bertz CT molecular complexity index is 603. The molecule has 1 aliphatic heterocycles. The van der Waals surface area contributed by atoms with Crippen LogP contribution in [0.15, 0.2) is 6.20 Å². The summed E-state index contributed by atoms with van der Waals surface area (Å²) in [6, 6.07) is 0. The normalized spacial score (nSPS) is 15.3. The van der Waals surface area contributed by atoms with Crippen LogP contribution < -0.4 is 4.90 Å². The molecule has 0 spiro atoms. The van der Waals surface area contributed by atoms with Crippen LogP contribution in [0.5, 0.6) is 0 Å². The van der Waals surface area contributed by atoms with E-state index in [9.17, 15) is 0 Å². The average Bonchev–Trinajstić information content (AvgIpc) is 2.95. The monoisotopic (exact) mass is 322 g/mol. The third-order valence-corrected chi connectivity index (χ3v) is 5.60. The summed E-state index contributed by atoms with van der Waals surface area (Å²) in [6.45, 7) is 5.13. The molecular formula is C15H22N4S2. The Balaban J connectivity index is 1.76. The largest absolute Gasteiger partial charge is 0.355 e. The molecule has 0 unspecified atom stereocenters. The standard InChI is InChI=1S/C15H22N4S2/c1-11-17-13-6-4-5-7-19(15(13)20-11)10-14-16-8-12(21-14)9-18(2)3/h8H,4-7,9-10H2,1-3H3. The van der Waals surface area contributed by atoms with Crippen LogP contribution in [0, 0.1) is 6.92 Å². The van der Waals surface area contributed by atoms with E-state index >= 15 is 0 Å². The van der Waals surface area contributed by atoms with Crippen LogP contribution in [-0.2, 0) is 19.5 Å². The molecule has 6 heteroatoms. The maximum atomic E-state index is 4.70. The third kappa shape index (κ3) is 3.62. The van der Waals surface area contributed by atoms with Gasteiger partial charge >= 0.3 is 0 Å². The number of fused-ring (bicyclic) bond motifs is 1. The Morgan fingerprint density at radius 2 is 2.14 bits per heavy atom. The molecule has 2 aromatic rings. The van der Waals surface area contributed by atoms with Crippen molar-refractivity contribution in [3.05, 3.63) is 26.8 Å². The van der Waals surface area contributed by atoms with Crippen molar-refractivity contribution in [3.8, 4) is 0 Å². The van der Waals surface area contributed by atoms with E-state index in [-0.39, 0.29) is 0 Å². The second-order valence-corrected chi connectivity index (χ2v) is 8.20. The van der Waals surface area contributed by atoms with Crippen LogP contribution >= 0.6 is 22.7 Å². The van der Waals surface area contributed by atoms with Gasteiger partial charge in [-0.05, 0) is 40.3 Å². The lowest BCUT2D eigenvalue weighted by molar-refractivity contribution is 0.406. The molecule has 114 valence electrons. The van der Waals surface area contributed by atoms with Crippen molar-refractivity contribution in [2.24, 2.45) is 0 Å². The van der Waals surface area contributed by atoms with Gasteiger partial charge in [-0.3, -0.25) is 0 Å². The molecule has 0 amide bonds. The first-order valence-corrected chi connectivity index (χ1v) is 9.04. The minimum absolute atomic E-state index is 0.923. The number of aryl methyl sites for hydroxylation is 2. The molecule has 0 atom stereocenters. The van der Waals surface area contributed by atoms with E-state index in [0.29, 0.717) is 0 Å². The van der Waals surface area contributed by atoms with E-state index in [1.165, 1.54) is 38.4 Å². The molecule has 0 radical (unpaired) electrons. The van der Waals surface area contributed by atoms with Gasteiger partial charge < -0.3 is 9.80 Å². The zero-order valence-corrected chi connectivity index (χ0v) is 14.6. The first kappa shape index (κ1) is 14.9. The molecule has 0 saturated heterocycles. The quantitative estimate of drug-likeness (QED) is 0.864. The van der Waals surface area contributed by atoms with Crippen molar-refractivity contribution >= 4 is 27.7 Å². The second kappa shape index (κ2) is 6.42. The highest BCUT2D eigenvalue weighted by Gasteiger charge is 2.20. The fourth-order valence-electron chi connectivity index (χ4n) is 2.69. The van der Waals surface area contributed by atoms with Gasteiger partial charge in [-0.1, -0.05) is 0 Å². The van der Waals surface area contributed by atoms with E-state index < -0.39 is 0 Å². The molecule has 0 bridgehead atoms. The zero-order valence-electron chi connectivity index (χ0n) is 12.9. The summed E-state index contributed by atoms with van der Waals surface area (Å²) < 4.78 is 0. The lowest BCUT2D eigenvalue weighted by Gasteiger charge is -2.20. The van der Waals surface area contributed by atoms with Gasteiger partial charge in [0.05, 0.1) is 17.2 Å². The van der Waals surface area contributed by atoms with E-state index in [2.05, 4.69) is 35.8 Å². The Hall–Kier alpha value is -0.980. The van der Waals surface area contributed by atoms with Gasteiger partial charge in [-0.2, -0.15) is 0 Å². The SMILES string of the molecule is Cc1nc2c(s1)N(Cc1ncc(CN(C)C)s1)CCCC2. The molecule has 0 aliphatic carbocycles. The van der Waals surface area contributed by atoms with Gasteiger partial charge in [0, 0.05) is 24.2 Å².